The van der Waals surface area contributed by atoms with Crippen LogP contribution in [0.4, 0.5) is 10.8 Å². The minimum Gasteiger partial charge on any atom is -0.357 e. The Morgan fingerprint density at radius 3 is 3.00 bits per heavy atom. The smallest absolute Gasteiger partial charge is 0.225 e. The summed E-state index contributed by atoms with van der Waals surface area (Å²) in [6.45, 7) is 0. The molecule has 23 heavy (non-hydrogen) atoms. The molecule has 1 saturated carbocycles. The van der Waals surface area contributed by atoms with Crippen molar-refractivity contribution in [2.75, 3.05) is 16.4 Å². The molecule has 2 aromatic rings. The SMILES string of the molecule is N#Cc1ccccc1NC(=O)CCSc1nnc(NC2CC2)s1. The molecule has 0 saturated heterocycles. The molecule has 0 bridgehead atoms. The lowest BCUT2D eigenvalue weighted by Crippen LogP contribution is -2.13. The third-order valence-corrected chi connectivity index (χ3v) is 5.18. The zero-order valence-electron chi connectivity index (χ0n) is 12.3. The monoisotopic (exact) mass is 345 g/mol. The second-order valence-electron chi connectivity index (χ2n) is 5.10. The number of rotatable bonds is 7. The van der Waals surface area contributed by atoms with Crippen molar-refractivity contribution in [2.24, 2.45) is 0 Å². The van der Waals surface area contributed by atoms with E-state index in [0.29, 0.717) is 29.5 Å². The summed E-state index contributed by atoms with van der Waals surface area (Å²) in [7, 11) is 0. The van der Waals surface area contributed by atoms with Gasteiger partial charge in [-0.1, -0.05) is 35.2 Å². The minimum absolute atomic E-state index is 0.110. The molecule has 1 aromatic carbocycles. The van der Waals surface area contributed by atoms with E-state index in [1.807, 2.05) is 0 Å². The fraction of sp³-hybridized carbons (Fsp3) is 0.333. The van der Waals surface area contributed by atoms with E-state index in [0.717, 1.165) is 9.47 Å². The molecule has 1 heterocycles. The number of thioether (sulfide) groups is 1. The Labute approximate surface area is 142 Å². The Kier molecular flexibility index (Phi) is 5.10. The van der Waals surface area contributed by atoms with E-state index in [4.69, 9.17) is 5.26 Å². The number of anilines is 2. The predicted molar refractivity (Wildman–Crippen MR) is 91.7 cm³/mol. The highest BCUT2D eigenvalue weighted by molar-refractivity contribution is 8.01. The fourth-order valence-electron chi connectivity index (χ4n) is 1.86. The van der Waals surface area contributed by atoms with Gasteiger partial charge in [-0.3, -0.25) is 4.79 Å². The Hall–Kier alpha value is -2.11. The summed E-state index contributed by atoms with van der Waals surface area (Å²) in [5.74, 6) is 0.513. The van der Waals surface area contributed by atoms with E-state index in [1.54, 1.807) is 24.3 Å². The lowest BCUT2D eigenvalue weighted by molar-refractivity contribution is -0.115. The molecule has 1 aliphatic carbocycles. The van der Waals surface area contributed by atoms with Crippen LogP contribution in [-0.2, 0) is 4.79 Å². The van der Waals surface area contributed by atoms with Crippen LogP contribution >= 0.6 is 23.1 Å². The first-order chi connectivity index (χ1) is 11.2. The number of amides is 1. The summed E-state index contributed by atoms with van der Waals surface area (Å²) in [6, 6.07) is 9.59. The topological polar surface area (TPSA) is 90.7 Å². The molecule has 0 atom stereocenters. The average molecular weight is 345 g/mol. The molecule has 0 radical (unpaired) electrons. The van der Waals surface area contributed by atoms with Gasteiger partial charge < -0.3 is 10.6 Å². The molecule has 3 rings (SSSR count). The number of nitriles is 1. The van der Waals surface area contributed by atoms with Gasteiger partial charge in [-0.25, -0.2) is 0 Å². The van der Waals surface area contributed by atoms with Gasteiger partial charge in [0.25, 0.3) is 0 Å². The van der Waals surface area contributed by atoms with Gasteiger partial charge >= 0.3 is 0 Å². The molecule has 1 amide bonds. The number of hydrogen-bond donors (Lipinski definition) is 2. The summed E-state index contributed by atoms with van der Waals surface area (Å²) < 4.78 is 0.860. The number of aromatic nitrogens is 2. The zero-order valence-corrected chi connectivity index (χ0v) is 13.9. The molecular weight excluding hydrogens is 330 g/mol. The lowest BCUT2D eigenvalue weighted by atomic mass is 10.2. The number of hydrogen-bond acceptors (Lipinski definition) is 7. The number of benzene rings is 1. The second kappa shape index (κ2) is 7.44. The van der Waals surface area contributed by atoms with Crippen LogP contribution in [0, 0.1) is 11.3 Å². The van der Waals surface area contributed by atoms with Crippen molar-refractivity contribution in [3.63, 3.8) is 0 Å². The third kappa shape index (κ3) is 4.68. The van der Waals surface area contributed by atoms with Crippen LogP contribution in [0.15, 0.2) is 28.6 Å². The predicted octanol–water partition coefficient (Wildman–Crippen LogP) is 3.10. The average Bonchev–Trinajstić information content (AvgIpc) is 3.25. The first-order valence-electron chi connectivity index (χ1n) is 7.26. The Balaban J connectivity index is 1.43. The number of nitrogens with zero attached hydrogens (tertiary/aromatic N) is 3. The first-order valence-corrected chi connectivity index (χ1v) is 9.06. The van der Waals surface area contributed by atoms with Crippen LogP contribution in [0.3, 0.4) is 0 Å². The van der Waals surface area contributed by atoms with Crippen LogP contribution in [-0.4, -0.2) is 27.9 Å². The van der Waals surface area contributed by atoms with Crippen LogP contribution in [0.5, 0.6) is 0 Å². The maximum absolute atomic E-state index is 12.0. The van der Waals surface area contributed by atoms with Crippen LogP contribution in [0.25, 0.3) is 0 Å². The summed E-state index contributed by atoms with van der Waals surface area (Å²) in [5, 5.41) is 24.1. The maximum Gasteiger partial charge on any atom is 0.225 e. The third-order valence-electron chi connectivity index (χ3n) is 3.19. The molecule has 0 spiro atoms. The Bertz CT molecular complexity index is 735. The summed E-state index contributed by atoms with van der Waals surface area (Å²) >= 11 is 3.03. The molecule has 2 N–H and O–H groups in total. The molecule has 8 heteroatoms. The van der Waals surface area contributed by atoms with Gasteiger partial charge in [0, 0.05) is 18.2 Å². The van der Waals surface area contributed by atoms with Gasteiger partial charge in [0.05, 0.1) is 11.3 Å². The lowest BCUT2D eigenvalue weighted by Gasteiger charge is -2.05. The second-order valence-corrected chi connectivity index (χ2v) is 7.42. The van der Waals surface area contributed by atoms with Crippen molar-refractivity contribution >= 4 is 39.8 Å². The molecule has 118 valence electrons. The molecule has 6 nitrogen and oxygen atoms in total. The normalized spacial score (nSPS) is 13.3. The highest BCUT2D eigenvalue weighted by atomic mass is 32.2. The fourth-order valence-corrected chi connectivity index (χ4v) is 3.70. The van der Waals surface area contributed by atoms with Crippen LogP contribution in [0.1, 0.15) is 24.8 Å². The largest absolute Gasteiger partial charge is 0.357 e. The van der Waals surface area contributed by atoms with Crippen molar-refractivity contribution in [1.29, 1.82) is 5.26 Å². The Morgan fingerprint density at radius 1 is 1.39 bits per heavy atom. The van der Waals surface area contributed by atoms with Gasteiger partial charge in [0.1, 0.15) is 6.07 Å². The van der Waals surface area contributed by atoms with Crippen molar-refractivity contribution < 1.29 is 4.79 Å². The van der Waals surface area contributed by atoms with Crippen molar-refractivity contribution in [1.82, 2.24) is 10.2 Å². The number of carbonyl (C=O) groups is 1. The number of carbonyl (C=O) groups excluding carboxylic acids is 1. The van der Waals surface area contributed by atoms with Gasteiger partial charge in [-0.05, 0) is 25.0 Å². The Morgan fingerprint density at radius 2 is 2.22 bits per heavy atom. The minimum atomic E-state index is -0.110. The van der Waals surface area contributed by atoms with E-state index in [-0.39, 0.29) is 5.91 Å². The molecular formula is C15H15N5OS2. The molecule has 0 unspecified atom stereocenters. The molecule has 1 aliphatic rings. The van der Waals surface area contributed by atoms with E-state index < -0.39 is 0 Å². The van der Waals surface area contributed by atoms with Crippen molar-refractivity contribution in [2.45, 2.75) is 29.6 Å². The summed E-state index contributed by atoms with van der Waals surface area (Å²) in [6.07, 6.45) is 2.76. The van der Waals surface area contributed by atoms with E-state index in [9.17, 15) is 4.79 Å². The quantitative estimate of drug-likeness (QED) is 0.749. The first kappa shape index (κ1) is 15.8. The number of nitrogens with one attached hydrogen (secondary N) is 2. The van der Waals surface area contributed by atoms with Gasteiger partial charge in [0.15, 0.2) is 4.34 Å². The maximum atomic E-state index is 12.0. The van der Waals surface area contributed by atoms with Crippen molar-refractivity contribution in [3.8, 4) is 6.07 Å². The van der Waals surface area contributed by atoms with E-state index in [2.05, 4.69) is 26.9 Å². The van der Waals surface area contributed by atoms with Crippen LogP contribution in [0.2, 0.25) is 0 Å². The zero-order chi connectivity index (χ0) is 16.1. The summed E-state index contributed by atoms with van der Waals surface area (Å²) in [5.41, 5.74) is 1.02. The van der Waals surface area contributed by atoms with Crippen LogP contribution < -0.4 is 10.6 Å². The number of para-hydroxylation sites is 1. The van der Waals surface area contributed by atoms with Gasteiger partial charge in [0.2, 0.25) is 11.0 Å². The molecule has 1 aromatic heterocycles. The standard InChI is InChI=1S/C15H15N5OS2/c16-9-10-3-1-2-4-12(10)18-13(21)7-8-22-15-20-19-14(23-15)17-11-5-6-11/h1-4,11H,5-8H2,(H,17,19)(H,18,21). The summed E-state index contributed by atoms with van der Waals surface area (Å²) in [4.78, 5) is 12.0. The highest BCUT2D eigenvalue weighted by Crippen LogP contribution is 2.30. The molecule has 1 fully saturated rings. The highest BCUT2D eigenvalue weighted by Gasteiger charge is 2.22. The van der Waals surface area contributed by atoms with Gasteiger partial charge in [-0.2, -0.15) is 5.26 Å². The van der Waals surface area contributed by atoms with E-state index >= 15 is 0 Å². The van der Waals surface area contributed by atoms with E-state index in [1.165, 1.54) is 35.9 Å². The van der Waals surface area contributed by atoms with Gasteiger partial charge in [-0.15, -0.1) is 10.2 Å². The van der Waals surface area contributed by atoms with Crippen molar-refractivity contribution in [3.05, 3.63) is 29.8 Å². The molecule has 0 aliphatic heterocycles.